The first-order chi connectivity index (χ1) is 7.70. The normalized spacial score (nSPS) is 12.7. The molecule has 0 saturated carbocycles. The van der Waals surface area contributed by atoms with Gasteiger partial charge in [0.25, 0.3) is 0 Å². The van der Waals surface area contributed by atoms with Gasteiger partial charge in [0.1, 0.15) is 6.04 Å². The standard InChI is InChI=1S/C10H14N6/c1-7-5-12-10(13-6-7)9(14-11)8-3-4-16(2)15-8/h3-6,9,14H,11H2,1-2H3. The molecule has 0 aliphatic rings. The fourth-order valence-electron chi connectivity index (χ4n) is 1.43. The summed E-state index contributed by atoms with van der Waals surface area (Å²) in [5, 5.41) is 4.27. The number of nitrogens with one attached hydrogen (secondary N) is 1. The number of aromatic nitrogens is 4. The Bertz CT molecular complexity index is 460. The molecule has 0 saturated heterocycles. The van der Waals surface area contributed by atoms with Crippen molar-refractivity contribution in [3.63, 3.8) is 0 Å². The molecule has 1 unspecified atom stereocenters. The van der Waals surface area contributed by atoms with E-state index in [0.717, 1.165) is 11.3 Å². The molecule has 0 aromatic carbocycles. The van der Waals surface area contributed by atoms with Crippen LogP contribution in [0.15, 0.2) is 24.7 Å². The number of hydrogen-bond acceptors (Lipinski definition) is 5. The van der Waals surface area contributed by atoms with Gasteiger partial charge in [0.2, 0.25) is 0 Å². The summed E-state index contributed by atoms with van der Waals surface area (Å²) in [7, 11) is 1.85. The number of aryl methyl sites for hydroxylation is 2. The summed E-state index contributed by atoms with van der Waals surface area (Å²) in [5.74, 6) is 6.12. The van der Waals surface area contributed by atoms with Crippen molar-refractivity contribution < 1.29 is 0 Å². The summed E-state index contributed by atoms with van der Waals surface area (Å²) in [6, 6.07) is 1.61. The third-order valence-electron chi connectivity index (χ3n) is 2.26. The number of rotatable bonds is 3. The molecule has 2 aromatic rings. The molecular weight excluding hydrogens is 204 g/mol. The van der Waals surface area contributed by atoms with E-state index in [9.17, 15) is 0 Å². The van der Waals surface area contributed by atoms with Crippen LogP contribution in [0.5, 0.6) is 0 Å². The second kappa shape index (κ2) is 4.38. The highest BCUT2D eigenvalue weighted by atomic mass is 15.3. The van der Waals surface area contributed by atoms with Crippen LogP contribution < -0.4 is 11.3 Å². The Morgan fingerprint density at radius 1 is 1.38 bits per heavy atom. The van der Waals surface area contributed by atoms with Gasteiger partial charge in [-0.1, -0.05) is 0 Å². The predicted molar refractivity (Wildman–Crippen MR) is 59.1 cm³/mol. The molecule has 1 atom stereocenters. The third-order valence-corrected chi connectivity index (χ3v) is 2.26. The van der Waals surface area contributed by atoms with Crippen molar-refractivity contribution >= 4 is 0 Å². The number of nitrogens with two attached hydrogens (primary N) is 1. The van der Waals surface area contributed by atoms with Crippen molar-refractivity contribution in [3.05, 3.63) is 41.7 Å². The molecule has 6 heteroatoms. The molecule has 16 heavy (non-hydrogen) atoms. The second-order valence-corrected chi connectivity index (χ2v) is 3.63. The highest BCUT2D eigenvalue weighted by molar-refractivity contribution is 5.16. The summed E-state index contributed by atoms with van der Waals surface area (Å²) in [5.41, 5.74) is 4.48. The van der Waals surface area contributed by atoms with E-state index in [1.54, 1.807) is 17.1 Å². The van der Waals surface area contributed by atoms with E-state index in [0.29, 0.717) is 5.82 Å². The molecule has 0 fully saturated rings. The summed E-state index contributed by atoms with van der Waals surface area (Å²) >= 11 is 0. The summed E-state index contributed by atoms with van der Waals surface area (Å²) in [4.78, 5) is 8.46. The lowest BCUT2D eigenvalue weighted by atomic mass is 10.2. The zero-order chi connectivity index (χ0) is 11.5. The smallest absolute Gasteiger partial charge is 0.152 e. The molecule has 0 amide bonds. The summed E-state index contributed by atoms with van der Waals surface area (Å²) in [6.07, 6.45) is 5.37. The molecule has 0 aliphatic heterocycles. The largest absolute Gasteiger partial charge is 0.275 e. The Balaban J connectivity index is 2.32. The van der Waals surface area contributed by atoms with Crippen LogP contribution in [0, 0.1) is 6.92 Å². The summed E-state index contributed by atoms with van der Waals surface area (Å²) in [6.45, 7) is 1.94. The average molecular weight is 218 g/mol. The lowest BCUT2D eigenvalue weighted by Gasteiger charge is -2.11. The third kappa shape index (κ3) is 2.07. The quantitative estimate of drug-likeness (QED) is 0.563. The maximum Gasteiger partial charge on any atom is 0.152 e. The van der Waals surface area contributed by atoms with Crippen LogP contribution in [-0.2, 0) is 7.05 Å². The number of hydrogen-bond donors (Lipinski definition) is 2. The average Bonchev–Trinajstić information content (AvgIpc) is 2.69. The fourth-order valence-corrected chi connectivity index (χ4v) is 1.43. The van der Waals surface area contributed by atoms with E-state index in [1.165, 1.54) is 0 Å². The molecular formula is C10H14N6. The second-order valence-electron chi connectivity index (χ2n) is 3.63. The van der Waals surface area contributed by atoms with Crippen molar-refractivity contribution in [2.45, 2.75) is 13.0 Å². The lowest BCUT2D eigenvalue weighted by molar-refractivity contribution is 0.574. The Morgan fingerprint density at radius 3 is 2.56 bits per heavy atom. The number of nitrogens with zero attached hydrogens (tertiary/aromatic N) is 4. The SMILES string of the molecule is Cc1cnc(C(NN)c2ccn(C)n2)nc1. The van der Waals surface area contributed by atoms with Gasteiger partial charge in [-0.25, -0.2) is 15.4 Å². The molecule has 0 radical (unpaired) electrons. The van der Waals surface area contributed by atoms with Gasteiger partial charge in [0.15, 0.2) is 5.82 Å². The van der Waals surface area contributed by atoms with Crippen LogP contribution in [-0.4, -0.2) is 19.7 Å². The first kappa shape index (κ1) is 10.7. The van der Waals surface area contributed by atoms with Gasteiger partial charge < -0.3 is 0 Å². The molecule has 2 heterocycles. The van der Waals surface area contributed by atoms with Crippen molar-refractivity contribution in [1.29, 1.82) is 0 Å². The minimum Gasteiger partial charge on any atom is -0.275 e. The Hall–Kier alpha value is -1.79. The van der Waals surface area contributed by atoms with Crippen LogP contribution in [0.1, 0.15) is 23.1 Å². The number of hydrazine groups is 1. The first-order valence-electron chi connectivity index (χ1n) is 4.95. The first-order valence-corrected chi connectivity index (χ1v) is 4.95. The van der Waals surface area contributed by atoms with Crippen molar-refractivity contribution in [1.82, 2.24) is 25.2 Å². The maximum atomic E-state index is 5.50. The molecule has 0 aliphatic carbocycles. The minimum atomic E-state index is -0.276. The minimum absolute atomic E-state index is 0.276. The fraction of sp³-hybridized carbons (Fsp3) is 0.300. The van der Waals surface area contributed by atoms with Gasteiger partial charge in [0.05, 0.1) is 5.69 Å². The van der Waals surface area contributed by atoms with E-state index in [2.05, 4.69) is 20.5 Å². The van der Waals surface area contributed by atoms with Gasteiger partial charge in [0, 0.05) is 25.6 Å². The molecule has 84 valence electrons. The van der Waals surface area contributed by atoms with Crippen molar-refractivity contribution in [3.8, 4) is 0 Å². The zero-order valence-electron chi connectivity index (χ0n) is 9.25. The van der Waals surface area contributed by atoms with Crippen LogP contribution >= 0.6 is 0 Å². The lowest BCUT2D eigenvalue weighted by Crippen LogP contribution is -2.30. The summed E-state index contributed by atoms with van der Waals surface area (Å²) < 4.78 is 1.72. The van der Waals surface area contributed by atoms with Crippen molar-refractivity contribution in [2.24, 2.45) is 12.9 Å². The van der Waals surface area contributed by atoms with E-state index in [1.807, 2.05) is 26.2 Å². The topological polar surface area (TPSA) is 81.6 Å². The zero-order valence-corrected chi connectivity index (χ0v) is 9.25. The van der Waals surface area contributed by atoms with Crippen LogP contribution in [0.4, 0.5) is 0 Å². The van der Waals surface area contributed by atoms with Crippen molar-refractivity contribution in [2.75, 3.05) is 0 Å². The van der Waals surface area contributed by atoms with Gasteiger partial charge in [-0.15, -0.1) is 0 Å². The Labute approximate surface area is 93.5 Å². The molecule has 2 aromatic heterocycles. The van der Waals surface area contributed by atoms with Gasteiger partial charge in [-0.3, -0.25) is 10.5 Å². The Morgan fingerprint density at radius 2 is 2.06 bits per heavy atom. The van der Waals surface area contributed by atoms with E-state index < -0.39 is 0 Å². The monoisotopic (exact) mass is 218 g/mol. The van der Waals surface area contributed by atoms with Gasteiger partial charge in [-0.2, -0.15) is 5.10 Å². The van der Waals surface area contributed by atoms with Gasteiger partial charge >= 0.3 is 0 Å². The highest BCUT2D eigenvalue weighted by Crippen LogP contribution is 2.15. The predicted octanol–water partition coefficient (Wildman–Crippen LogP) is 0.0712. The molecule has 0 spiro atoms. The maximum absolute atomic E-state index is 5.50. The molecule has 3 N–H and O–H groups in total. The molecule has 2 rings (SSSR count). The van der Waals surface area contributed by atoms with E-state index >= 15 is 0 Å². The molecule has 6 nitrogen and oxygen atoms in total. The van der Waals surface area contributed by atoms with E-state index in [4.69, 9.17) is 5.84 Å². The van der Waals surface area contributed by atoms with Crippen LogP contribution in [0.3, 0.4) is 0 Å². The molecule has 0 bridgehead atoms. The Kier molecular flexibility index (Phi) is 2.93. The van der Waals surface area contributed by atoms with Crippen LogP contribution in [0.2, 0.25) is 0 Å². The highest BCUT2D eigenvalue weighted by Gasteiger charge is 2.17. The van der Waals surface area contributed by atoms with Crippen LogP contribution in [0.25, 0.3) is 0 Å². The van der Waals surface area contributed by atoms with E-state index in [-0.39, 0.29) is 6.04 Å². The van der Waals surface area contributed by atoms with Gasteiger partial charge in [-0.05, 0) is 18.6 Å².